The summed E-state index contributed by atoms with van der Waals surface area (Å²) in [5.74, 6) is 0.668. The zero-order valence-electron chi connectivity index (χ0n) is 11.6. The van der Waals surface area contributed by atoms with E-state index in [2.05, 4.69) is 20.8 Å². The van der Waals surface area contributed by atoms with E-state index in [1.165, 1.54) is 6.07 Å². The molecule has 0 aliphatic carbocycles. The van der Waals surface area contributed by atoms with Crippen LogP contribution in [0, 0.1) is 5.82 Å². The van der Waals surface area contributed by atoms with Crippen LogP contribution in [0.4, 0.5) is 4.39 Å². The zero-order valence-corrected chi connectivity index (χ0v) is 13.2. The Morgan fingerprint density at radius 2 is 1.80 bits per heavy atom. The molecule has 0 amide bonds. The molecule has 106 valence electrons. The minimum absolute atomic E-state index is 0.189. The second kappa shape index (κ2) is 6.86. The SMILES string of the molecule is COc1ccccc1CN(C)Cc1ccc(Br)cc1F. The summed E-state index contributed by atoms with van der Waals surface area (Å²) in [6, 6.07) is 13.0. The van der Waals surface area contributed by atoms with E-state index in [0.29, 0.717) is 18.7 Å². The second-order valence-electron chi connectivity index (χ2n) is 4.72. The number of para-hydroxylation sites is 1. The third-order valence-electron chi connectivity index (χ3n) is 3.09. The predicted molar refractivity (Wildman–Crippen MR) is 82.3 cm³/mol. The molecule has 20 heavy (non-hydrogen) atoms. The first-order valence-corrected chi connectivity index (χ1v) is 7.14. The van der Waals surface area contributed by atoms with Crippen LogP contribution in [0.25, 0.3) is 0 Å². The van der Waals surface area contributed by atoms with Gasteiger partial charge in [0, 0.05) is 28.7 Å². The molecular weight excluding hydrogens is 321 g/mol. The van der Waals surface area contributed by atoms with Gasteiger partial charge in [-0.2, -0.15) is 0 Å². The van der Waals surface area contributed by atoms with Crippen LogP contribution in [0.15, 0.2) is 46.9 Å². The summed E-state index contributed by atoms with van der Waals surface area (Å²) in [5.41, 5.74) is 1.78. The lowest BCUT2D eigenvalue weighted by Crippen LogP contribution is -2.18. The third-order valence-corrected chi connectivity index (χ3v) is 3.58. The van der Waals surface area contributed by atoms with Crippen LogP contribution in [-0.2, 0) is 13.1 Å². The molecule has 0 aromatic heterocycles. The lowest BCUT2D eigenvalue weighted by atomic mass is 10.1. The quantitative estimate of drug-likeness (QED) is 0.809. The number of methoxy groups -OCH3 is 1. The molecule has 0 saturated heterocycles. The average molecular weight is 338 g/mol. The Balaban J connectivity index is 2.07. The fourth-order valence-electron chi connectivity index (χ4n) is 2.12. The molecule has 0 atom stereocenters. The summed E-state index contributed by atoms with van der Waals surface area (Å²) in [6.07, 6.45) is 0. The van der Waals surface area contributed by atoms with Gasteiger partial charge >= 0.3 is 0 Å². The summed E-state index contributed by atoms with van der Waals surface area (Å²) in [6.45, 7) is 1.26. The van der Waals surface area contributed by atoms with Gasteiger partial charge in [-0.15, -0.1) is 0 Å². The topological polar surface area (TPSA) is 12.5 Å². The molecule has 0 fully saturated rings. The Morgan fingerprint density at radius 1 is 1.10 bits per heavy atom. The monoisotopic (exact) mass is 337 g/mol. The van der Waals surface area contributed by atoms with Crippen LogP contribution in [0.5, 0.6) is 5.75 Å². The molecule has 0 N–H and O–H groups in total. The van der Waals surface area contributed by atoms with Crippen molar-refractivity contribution in [1.82, 2.24) is 4.90 Å². The predicted octanol–water partition coefficient (Wildman–Crippen LogP) is 4.23. The van der Waals surface area contributed by atoms with E-state index in [0.717, 1.165) is 15.8 Å². The number of hydrogen-bond donors (Lipinski definition) is 0. The standard InChI is InChI=1S/C16H17BrFNO/c1-19(10-12-7-8-14(17)9-15(12)18)11-13-5-3-4-6-16(13)20-2/h3-9H,10-11H2,1-2H3. The van der Waals surface area contributed by atoms with Crippen molar-refractivity contribution in [3.05, 3.63) is 63.9 Å². The fourth-order valence-corrected chi connectivity index (χ4v) is 2.45. The van der Waals surface area contributed by atoms with Crippen LogP contribution >= 0.6 is 15.9 Å². The number of ether oxygens (including phenoxy) is 1. The van der Waals surface area contributed by atoms with Gasteiger partial charge in [-0.3, -0.25) is 4.90 Å². The normalized spacial score (nSPS) is 10.8. The highest BCUT2D eigenvalue weighted by Crippen LogP contribution is 2.21. The molecule has 0 heterocycles. The average Bonchev–Trinajstić information content (AvgIpc) is 2.42. The van der Waals surface area contributed by atoms with Crippen LogP contribution in [-0.4, -0.2) is 19.1 Å². The minimum Gasteiger partial charge on any atom is -0.496 e. The van der Waals surface area contributed by atoms with Gasteiger partial charge in [0.2, 0.25) is 0 Å². The minimum atomic E-state index is -0.189. The van der Waals surface area contributed by atoms with Gasteiger partial charge in [-0.25, -0.2) is 4.39 Å². The highest BCUT2D eigenvalue weighted by atomic mass is 79.9. The van der Waals surface area contributed by atoms with Crippen molar-refractivity contribution in [2.45, 2.75) is 13.1 Å². The Hall–Kier alpha value is -1.39. The van der Waals surface area contributed by atoms with Crippen molar-refractivity contribution in [3.8, 4) is 5.75 Å². The maximum absolute atomic E-state index is 13.8. The first-order valence-electron chi connectivity index (χ1n) is 6.34. The van der Waals surface area contributed by atoms with Crippen LogP contribution in [0.1, 0.15) is 11.1 Å². The van der Waals surface area contributed by atoms with Gasteiger partial charge in [0.05, 0.1) is 7.11 Å². The number of benzene rings is 2. The summed E-state index contributed by atoms with van der Waals surface area (Å²) in [7, 11) is 3.63. The first-order chi connectivity index (χ1) is 9.60. The Kier molecular flexibility index (Phi) is 5.15. The zero-order chi connectivity index (χ0) is 14.5. The molecule has 2 rings (SSSR count). The van der Waals surface area contributed by atoms with E-state index in [1.807, 2.05) is 37.4 Å². The summed E-state index contributed by atoms with van der Waals surface area (Å²) >= 11 is 3.27. The van der Waals surface area contributed by atoms with Crippen molar-refractivity contribution in [2.24, 2.45) is 0 Å². The van der Waals surface area contributed by atoms with Crippen molar-refractivity contribution < 1.29 is 9.13 Å². The fraction of sp³-hybridized carbons (Fsp3) is 0.250. The van der Waals surface area contributed by atoms with Gasteiger partial charge in [-0.05, 0) is 25.2 Å². The van der Waals surface area contributed by atoms with E-state index < -0.39 is 0 Å². The van der Waals surface area contributed by atoms with Crippen molar-refractivity contribution >= 4 is 15.9 Å². The van der Waals surface area contributed by atoms with Crippen molar-refractivity contribution in [2.75, 3.05) is 14.2 Å². The van der Waals surface area contributed by atoms with Crippen LogP contribution in [0.3, 0.4) is 0 Å². The largest absolute Gasteiger partial charge is 0.496 e. The molecule has 2 aromatic rings. The maximum atomic E-state index is 13.8. The van der Waals surface area contributed by atoms with E-state index in [1.54, 1.807) is 13.2 Å². The maximum Gasteiger partial charge on any atom is 0.128 e. The number of rotatable bonds is 5. The van der Waals surface area contributed by atoms with Crippen LogP contribution < -0.4 is 4.74 Å². The molecule has 0 spiro atoms. The highest BCUT2D eigenvalue weighted by molar-refractivity contribution is 9.10. The lowest BCUT2D eigenvalue weighted by Gasteiger charge is -2.18. The molecule has 2 nitrogen and oxygen atoms in total. The van der Waals surface area contributed by atoms with Crippen molar-refractivity contribution in [3.63, 3.8) is 0 Å². The highest BCUT2D eigenvalue weighted by Gasteiger charge is 2.09. The number of hydrogen-bond acceptors (Lipinski definition) is 2. The molecule has 0 unspecified atom stereocenters. The summed E-state index contributed by atoms with van der Waals surface area (Å²) < 4.78 is 19.9. The van der Waals surface area contributed by atoms with Crippen LogP contribution in [0.2, 0.25) is 0 Å². The molecule has 0 aliphatic heterocycles. The molecule has 0 bridgehead atoms. The first kappa shape index (κ1) is 15.0. The van der Waals surface area contributed by atoms with Gasteiger partial charge in [-0.1, -0.05) is 40.2 Å². The number of halogens is 2. The van der Waals surface area contributed by atoms with E-state index in [9.17, 15) is 4.39 Å². The summed E-state index contributed by atoms with van der Waals surface area (Å²) in [4.78, 5) is 2.06. The molecule has 0 radical (unpaired) electrons. The number of nitrogens with zero attached hydrogens (tertiary/aromatic N) is 1. The molecule has 2 aromatic carbocycles. The second-order valence-corrected chi connectivity index (χ2v) is 5.64. The van der Waals surface area contributed by atoms with Gasteiger partial charge in [0.1, 0.15) is 11.6 Å². The van der Waals surface area contributed by atoms with Crippen molar-refractivity contribution in [1.29, 1.82) is 0 Å². The molecule has 0 saturated carbocycles. The lowest BCUT2D eigenvalue weighted by molar-refractivity contribution is 0.305. The molecule has 4 heteroatoms. The Bertz CT molecular complexity index is 588. The summed E-state index contributed by atoms with van der Waals surface area (Å²) in [5, 5.41) is 0. The smallest absolute Gasteiger partial charge is 0.128 e. The molecule has 0 aliphatic rings. The van der Waals surface area contributed by atoms with Gasteiger partial charge in [0.15, 0.2) is 0 Å². The van der Waals surface area contributed by atoms with Gasteiger partial charge in [0.25, 0.3) is 0 Å². The van der Waals surface area contributed by atoms with E-state index in [4.69, 9.17) is 4.74 Å². The van der Waals surface area contributed by atoms with E-state index >= 15 is 0 Å². The Morgan fingerprint density at radius 3 is 2.50 bits per heavy atom. The molecular formula is C16H17BrFNO. The Labute approximate surface area is 127 Å². The van der Waals surface area contributed by atoms with E-state index in [-0.39, 0.29) is 5.82 Å². The van der Waals surface area contributed by atoms with Gasteiger partial charge < -0.3 is 4.74 Å². The third kappa shape index (κ3) is 3.81.